The van der Waals surface area contributed by atoms with Gasteiger partial charge in [-0.1, -0.05) is 6.92 Å². The number of hydrogen-bond donors (Lipinski definition) is 3. The van der Waals surface area contributed by atoms with Gasteiger partial charge in [0.2, 0.25) is 11.8 Å². The van der Waals surface area contributed by atoms with Crippen LogP contribution >= 0.6 is 12.4 Å². The number of benzene rings is 1. The van der Waals surface area contributed by atoms with Crippen molar-refractivity contribution in [3.05, 3.63) is 24.3 Å². The maximum Gasteiger partial charge on any atom is 0.228 e. The summed E-state index contributed by atoms with van der Waals surface area (Å²) in [5, 5.41) is 8.44. The van der Waals surface area contributed by atoms with Crippen LogP contribution in [0, 0.1) is 5.92 Å². The number of halogens is 1. The van der Waals surface area contributed by atoms with Gasteiger partial charge < -0.3 is 16.0 Å². The van der Waals surface area contributed by atoms with Gasteiger partial charge in [0, 0.05) is 30.8 Å². The Labute approximate surface area is 119 Å². The minimum atomic E-state index is -0.116. The minimum absolute atomic E-state index is 0. The lowest BCUT2D eigenvalue weighted by Gasteiger charge is -2.12. The Balaban J connectivity index is 0.00000324. The predicted molar refractivity (Wildman–Crippen MR) is 79.7 cm³/mol. The zero-order chi connectivity index (χ0) is 13.5. The zero-order valence-electron chi connectivity index (χ0n) is 11.3. The molecule has 1 aromatic carbocycles. The first kappa shape index (κ1) is 17.4. The summed E-state index contributed by atoms with van der Waals surface area (Å²) >= 11 is 0. The minimum Gasteiger partial charge on any atom is -0.326 e. The lowest BCUT2D eigenvalue weighted by atomic mass is 10.1. The van der Waals surface area contributed by atoms with Crippen molar-refractivity contribution in [3.8, 4) is 0 Å². The van der Waals surface area contributed by atoms with Gasteiger partial charge in [0.25, 0.3) is 0 Å². The molecular formula is C13H20ClN3O2. The molecule has 0 spiro atoms. The zero-order valence-corrected chi connectivity index (χ0v) is 12.1. The number of amides is 2. The molecule has 0 heterocycles. The predicted octanol–water partition coefficient (Wildman–Crippen LogP) is 1.86. The van der Waals surface area contributed by atoms with Crippen molar-refractivity contribution in [3.63, 3.8) is 0 Å². The van der Waals surface area contributed by atoms with E-state index in [4.69, 9.17) is 0 Å². The van der Waals surface area contributed by atoms with Gasteiger partial charge in [-0.25, -0.2) is 0 Å². The molecule has 0 saturated heterocycles. The molecule has 1 unspecified atom stereocenters. The Morgan fingerprint density at radius 2 is 1.58 bits per heavy atom. The molecule has 0 aliphatic carbocycles. The second kappa shape index (κ2) is 8.50. The molecule has 6 heteroatoms. The Morgan fingerprint density at radius 1 is 1.11 bits per heavy atom. The monoisotopic (exact) mass is 285 g/mol. The summed E-state index contributed by atoms with van der Waals surface area (Å²) in [5.74, 6) is -0.240. The number of rotatable bonds is 5. The van der Waals surface area contributed by atoms with Crippen LogP contribution in [0.2, 0.25) is 0 Å². The van der Waals surface area contributed by atoms with E-state index >= 15 is 0 Å². The van der Waals surface area contributed by atoms with E-state index < -0.39 is 0 Å². The fraction of sp³-hybridized carbons (Fsp3) is 0.385. The highest BCUT2D eigenvalue weighted by Crippen LogP contribution is 2.14. The fourth-order valence-electron chi connectivity index (χ4n) is 1.50. The first-order chi connectivity index (χ1) is 8.52. The van der Waals surface area contributed by atoms with Crippen LogP contribution in [-0.2, 0) is 9.59 Å². The van der Waals surface area contributed by atoms with Crippen molar-refractivity contribution in [2.24, 2.45) is 5.92 Å². The van der Waals surface area contributed by atoms with Crippen LogP contribution in [0.4, 0.5) is 11.4 Å². The van der Waals surface area contributed by atoms with Crippen LogP contribution in [0.3, 0.4) is 0 Å². The van der Waals surface area contributed by atoms with Gasteiger partial charge >= 0.3 is 0 Å². The molecule has 106 valence electrons. The number of hydrogen-bond acceptors (Lipinski definition) is 3. The summed E-state index contributed by atoms with van der Waals surface area (Å²) in [6.45, 7) is 3.95. The fourth-order valence-corrected chi connectivity index (χ4v) is 1.50. The average Bonchev–Trinajstić information content (AvgIpc) is 2.31. The van der Waals surface area contributed by atoms with Gasteiger partial charge in [-0.15, -0.1) is 12.4 Å². The standard InChI is InChI=1S/C13H19N3O2.ClH/c1-9(8-14-3)13(18)16-12-6-4-11(5-7-12)15-10(2)17;/h4-7,9,14H,8H2,1-3H3,(H,15,17)(H,16,18);1H. The van der Waals surface area contributed by atoms with E-state index in [1.807, 2.05) is 14.0 Å². The van der Waals surface area contributed by atoms with Crippen molar-refractivity contribution in [2.45, 2.75) is 13.8 Å². The van der Waals surface area contributed by atoms with Crippen molar-refractivity contribution in [2.75, 3.05) is 24.2 Å². The molecule has 5 nitrogen and oxygen atoms in total. The van der Waals surface area contributed by atoms with E-state index in [1.54, 1.807) is 24.3 Å². The number of carbonyl (C=O) groups is 2. The Bertz CT molecular complexity index is 420. The van der Waals surface area contributed by atoms with Gasteiger partial charge in [-0.05, 0) is 31.3 Å². The Hall–Kier alpha value is -1.59. The lowest BCUT2D eigenvalue weighted by molar-refractivity contribution is -0.119. The Morgan fingerprint density at radius 3 is 2.00 bits per heavy atom. The molecule has 0 aliphatic rings. The molecule has 0 aliphatic heterocycles. The van der Waals surface area contributed by atoms with Crippen molar-refractivity contribution >= 4 is 35.6 Å². The SMILES string of the molecule is CNCC(C)C(=O)Nc1ccc(NC(C)=O)cc1.Cl. The molecule has 0 aromatic heterocycles. The first-order valence-corrected chi connectivity index (χ1v) is 5.86. The summed E-state index contributed by atoms with van der Waals surface area (Å²) in [4.78, 5) is 22.6. The van der Waals surface area contributed by atoms with E-state index in [9.17, 15) is 9.59 Å². The largest absolute Gasteiger partial charge is 0.326 e. The number of nitrogens with one attached hydrogen (secondary N) is 3. The second-order valence-corrected chi connectivity index (χ2v) is 4.21. The normalized spacial score (nSPS) is 11.1. The summed E-state index contributed by atoms with van der Waals surface area (Å²) in [5.41, 5.74) is 1.43. The van der Waals surface area contributed by atoms with Crippen LogP contribution in [0.15, 0.2) is 24.3 Å². The third-order valence-electron chi connectivity index (χ3n) is 2.43. The van der Waals surface area contributed by atoms with Gasteiger partial charge in [0.15, 0.2) is 0 Å². The van der Waals surface area contributed by atoms with Gasteiger partial charge in [-0.2, -0.15) is 0 Å². The average molecular weight is 286 g/mol. The van der Waals surface area contributed by atoms with Gasteiger partial charge in [0.1, 0.15) is 0 Å². The molecule has 1 atom stereocenters. The summed E-state index contributed by atoms with van der Waals surface area (Å²) in [6.07, 6.45) is 0. The molecule has 0 fully saturated rings. The molecule has 1 aromatic rings. The number of carbonyl (C=O) groups excluding carboxylic acids is 2. The quantitative estimate of drug-likeness (QED) is 0.773. The molecule has 1 rings (SSSR count). The molecule has 2 amide bonds. The van der Waals surface area contributed by atoms with Crippen LogP contribution in [0.25, 0.3) is 0 Å². The van der Waals surface area contributed by atoms with Crippen LogP contribution in [-0.4, -0.2) is 25.4 Å². The Kier molecular flexibility index (Phi) is 7.79. The maximum absolute atomic E-state index is 11.7. The van der Waals surface area contributed by atoms with Crippen molar-refractivity contribution < 1.29 is 9.59 Å². The molecule has 0 saturated carbocycles. The van der Waals surface area contributed by atoms with E-state index in [1.165, 1.54) is 6.92 Å². The van der Waals surface area contributed by atoms with E-state index in [-0.39, 0.29) is 30.1 Å². The van der Waals surface area contributed by atoms with E-state index in [2.05, 4.69) is 16.0 Å². The summed E-state index contributed by atoms with van der Waals surface area (Å²) < 4.78 is 0. The number of anilines is 2. The van der Waals surface area contributed by atoms with Crippen LogP contribution in [0.5, 0.6) is 0 Å². The van der Waals surface area contributed by atoms with Crippen LogP contribution in [0.1, 0.15) is 13.8 Å². The second-order valence-electron chi connectivity index (χ2n) is 4.21. The highest BCUT2D eigenvalue weighted by molar-refractivity contribution is 5.93. The molecular weight excluding hydrogens is 266 g/mol. The molecule has 19 heavy (non-hydrogen) atoms. The van der Waals surface area contributed by atoms with Crippen molar-refractivity contribution in [1.29, 1.82) is 0 Å². The molecule has 0 radical (unpaired) electrons. The summed E-state index contributed by atoms with van der Waals surface area (Å²) in [7, 11) is 1.81. The highest BCUT2D eigenvalue weighted by atomic mass is 35.5. The van der Waals surface area contributed by atoms with Crippen LogP contribution < -0.4 is 16.0 Å². The van der Waals surface area contributed by atoms with Crippen molar-refractivity contribution in [1.82, 2.24) is 5.32 Å². The van der Waals surface area contributed by atoms with E-state index in [0.717, 1.165) is 5.69 Å². The van der Waals surface area contributed by atoms with Gasteiger partial charge in [-0.3, -0.25) is 9.59 Å². The maximum atomic E-state index is 11.7. The third-order valence-corrected chi connectivity index (χ3v) is 2.43. The molecule has 0 bridgehead atoms. The van der Waals surface area contributed by atoms with Gasteiger partial charge in [0.05, 0.1) is 0 Å². The third kappa shape index (κ3) is 6.22. The lowest BCUT2D eigenvalue weighted by Crippen LogP contribution is -2.28. The molecule has 3 N–H and O–H groups in total. The van der Waals surface area contributed by atoms with E-state index in [0.29, 0.717) is 12.2 Å². The first-order valence-electron chi connectivity index (χ1n) is 5.86. The topological polar surface area (TPSA) is 70.2 Å². The smallest absolute Gasteiger partial charge is 0.228 e. The summed E-state index contributed by atoms with van der Waals surface area (Å²) in [6, 6.07) is 7.02. The highest BCUT2D eigenvalue weighted by Gasteiger charge is 2.11.